The molecule has 0 saturated carbocycles. The van der Waals surface area contributed by atoms with E-state index in [2.05, 4.69) is 0 Å². The largest absolute Gasteiger partial charge is 0.243 e. The van der Waals surface area contributed by atoms with Crippen LogP contribution in [0.1, 0.15) is 6.92 Å². The molecule has 0 bridgehead atoms. The van der Waals surface area contributed by atoms with Gasteiger partial charge in [0.15, 0.2) is 9.84 Å². The predicted molar refractivity (Wildman–Crippen MR) is 93.9 cm³/mol. The van der Waals surface area contributed by atoms with Gasteiger partial charge in [-0.25, -0.2) is 16.8 Å². The van der Waals surface area contributed by atoms with Gasteiger partial charge in [0, 0.05) is 18.8 Å². The molecule has 2 aromatic rings. The quantitative estimate of drug-likeness (QED) is 0.814. The fourth-order valence-electron chi connectivity index (χ4n) is 2.68. The summed E-state index contributed by atoms with van der Waals surface area (Å²) in [6.45, 7) is 1.65. The standard InChI is InChI=1S/C17H19NO4S2/c1-2-23(19,20)17-12-18(13-17)24(21,22)16-10-6-9-15(11-16)14-7-4-3-5-8-14/h3-11,17H,2,12-13H2,1H3. The minimum Gasteiger partial charge on any atom is -0.228 e. The molecule has 0 aliphatic carbocycles. The Morgan fingerprint density at radius 1 is 0.917 bits per heavy atom. The third-order valence-corrected chi connectivity index (χ3v) is 8.25. The molecule has 128 valence electrons. The van der Waals surface area contributed by atoms with Gasteiger partial charge in [-0.15, -0.1) is 0 Å². The lowest BCUT2D eigenvalue weighted by atomic mass is 10.1. The van der Waals surface area contributed by atoms with Gasteiger partial charge in [0.25, 0.3) is 0 Å². The highest BCUT2D eigenvalue weighted by molar-refractivity contribution is 7.92. The van der Waals surface area contributed by atoms with E-state index < -0.39 is 25.1 Å². The molecule has 3 rings (SSSR count). The zero-order valence-corrected chi connectivity index (χ0v) is 14.9. The third-order valence-electron chi connectivity index (χ3n) is 4.30. The first-order valence-electron chi connectivity index (χ1n) is 7.72. The molecule has 1 aliphatic heterocycles. The molecule has 0 aromatic heterocycles. The fraction of sp³-hybridized carbons (Fsp3) is 0.294. The Hall–Kier alpha value is -1.70. The molecule has 0 amide bonds. The van der Waals surface area contributed by atoms with Crippen molar-refractivity contribution < 1.29 is 16.8 Å². The molecule has 1 fully saturated rings. The highest BCUT2D eigenvalue weighted by atomic mass is 32.2. The summed E-state index contributed by atoms with van der Waals surface area (Å²) < 4.78 is 50.2. The van der Waals surface area contributed by atoms with Gasteiger partial charge in [-0.1, -0.05) is 49.4 Å². The minimum absolute atomic E-state index is 0.0358. The summed E-state index contributed by atoms with van der Waals surface area (Å²) in [5.41, 5.74) is 1.75. The van der Waals surface area contributed by atoms with E-state index in [1.165, 1.54) is 4.31 Å². The second-order valence-electron chi connectivity index (χ2n) is 5.79. The average molecular weight is 365 g/mol. The Labute approximate surface area is 142 Å². The smallest absolute Gasteiger partial charge is 0.228 e. The predicted octanol–water partition coefficient (Wildman–Crippen LogP) is 2.16. The van der Waals surface area contributed by atoms with Crippen molar-refractivity contribution in [1.29, 1.82) is 0 Å². The van der Waals surface area contributed by atoms with E-state index in [-0.39, 0.29) is 23.7 Å². The summed E-state index contributed by atoms with van der Waals surface area (Å²) >= 11 is 0. The topological polar surface area (TPSA) is 71.5 Å². The molecule has 24 heavy (non-hydrogen) atoms. The van der Waals surface area contributed by atoms with Gasteiger partial charge >= 0.3 is 0 Å². The van der Waals surface area contributed by atoms with Gasteiger partial charge in [0.05, 0.1) is 10.1 Å². The number of nitrogens with zero attached hydrogens (tertiary/aromatic N) is 1. The summed E-state index contributed by atoms with van der Waals surface area (Å²) in [6, 6.07) is 16.3. The van der Waals surface area contributed by atoms with Crippen molar-refractivity contribution in [1.82, 2.24) is 4.31 Å². The molecule has 1 saturated heterocycles. The summed E-state index contributed by atoms with van der Waals surface area (Å²) in [5.74, 6) is 0.0368. The lowest BCUT2D eigenvalue weighted by molar-refractivity contribution is 0.310. The van der Waals surface area contributed by atoms with Crippen LogP contribution in [0.2, 0.25) is 0 Å². The van der Waals surface area contributed by atoms with Crippen molar-refractivity contribution in [2.45, 2.75) is 17.1 Å². The molecule has 7 heteroatoms. The van der Waals surface area contributed by atoms with Crippen molar-refractivity contribution in [3.05, 3.63) is 54.6 Å². The average Bonchev–Trinajstić information content (AvgIpc) is 2.54. The van der Waals surface area contributed by atoms with E-state index >= 15 is 0 Å². The number of sulfonamides is 1. The maximum atomic E-state index is 12.7. The monoisotopic (exact) mass is 365 g/mol. The number of hydrogen-bond donors (Lipinski definition) is 0. The van der Waals surface area contributed by atoms with Gasteiger partial charge in [-0.05, 0) is 23.3 Å². The molecule has 0 unspecified atom stereocenters. The molecular weight excluding hydrogens is 346 g/mol. The normalized spacial score (nSPS) is 16.7. The van der Waals surface area contributed by atoms with Gasteiger partial charge in [0.1, 0.15) is 0 Å². The van der Waals surface area contributed by atoms with Gasteiger partial charge in [-0.3, -0.25) is 0 Å². The first kappa shape index (κ1) is 17.1. The summed E-state index contributed by atoms with van der Waals surface area (Å²) in [6.07, 6.45) is 0. The Bertz CT molecular complexity index is 932. The maximum absolute atomic E-state index is 12.7. The molecule has 0 radical (unpaired) electrons. The van der Waals surface area contributed by atoms with Gasteiger partial charge in [-0.2, -0.15) is 4.31 Å². The van der Waals surface area contributed by atoms with E-state index in [9.17, 15) is 16.8 Å². The van der Waals surface area contributed by atoms with Gasteiger partial charge < -0.3 is 0 Å². The van der Waals surface area contributed by atoms with Crippen molar-refractivity contribution in [3.8, 4) is 11.1 Å². The Balaban J connectivity index is 1.85. The molecule has 0 spiro atoms. The minimum atomic E-state index is -3.67. The van der Waals surface area contributed by atoms with E-state index in [4.69, 9.17) is 0 Å². The Morgan fingerprint density at radius 3 is 2.17 bits per heavy atom. The maximum Gasteiger partial charge on any atom is 0.243 e. The molecule has 2 aromatic carbocycles. The number of benzene rings is 2. The summed E-state index contributed by atoms with van der Waals surface area (Å²) in [7, 11) is -6.86. The second-order valence-corrected chi connectivity index (χ2v) is 10.3. The zero-order chi connectivity index (χ0) is 17.4. The molecule has 1 heterocycles. The molecule has 5 nitrogen and oxygen atoms in total. The molecule has 0 N–H and O–H groups in total. The van der Waals surface area contributed by atoms with Crippen LogP contribution in [0.5, 0.6) is 0 Å². The molecule has 1 aliphatic rings. The van der Waals surface area contributed by atoms with E-state index in [0.717, 1.165) is 11.1 Å². The van der Waals surface area contributed by atoms with Crippen LogP contribution in [0, 0.1) is 0 Å². The highest BCUT2D eigenvalue weighted by Crippen LogP contribution is 2.28. The molecular formula is C17H19NO4S2. The van der Waals surface area contributed by atoms with Crippen LogP contribution in [-0.4, -0.2) is 45.2 Å². The second kappa shape index (κ2) is 6.31. The Kier molecular flexibility index (Phi) is 4.50. The van der Waals surface area contributed by atoms with Crippen molar-refractivity contribution in [2.24, 2.45) is 0 Å². The van der Waals surface area contributed by atoms with Crippen LogP contribution in [-0.2, 0) is 19.9 Å². The van der Waals surface area contributed by atoms with Crippen molar-refractivity contribution >= 4 is 19.9 Å². The van der Waals surface area contributed by atoms with E-state index in [1.54, 1.807) is 25.1 Å². The Morgan fingerprint density at radius 2 is 1.54 bits per heavy atom. The lowest BCUT2D eigenvalue weighted by Gasteiger charge is -2.37. The van der Waals surface area contributed by atoms with Crippen LogP contribution in [0.4, 0.5) is 0 Å². The van der Waals surface area contributed by atoms with Crippen LogP contribution in [0.25, 0.3) is 11.1 Å². The first-order chi connectivity index (χ1) is 11.3. The van der Waals surface area contributed by atoms with Crippen molar-refractivity contribution in [2.75, 3.05) is 18.8 Å². The molecule has 0 atom stereocenters. The van der Waals surface area contributed by atoms with E-state index in [0.29, 0.717) is 0 Å². The number of hydrogen-bond acceptors (Lipinski definition) is 4. The first-order valence-corrected chi connectivity index (χ1v) is 10.9. The lowest BCUT2D eigenvalue weighted by Crippen LogP contribution is -2.57. The zero-order valence-electron chi connectivity index (χ0n) is 13.3. The SMILES string of the molecule is CCS(=O)(=O)C1CN(S(=O)(=O)c2cccc(-c3ccccc3)c2)C1. The van der Waals surface area contributed by atoms with Crippen molar-refractivity contribution in [3.63, 3.8) is 0 Å². The number of rotatable bonds is 5. The van der Waals surface area contributed by atoms with Crippen LogP contribution in [0.3, 0.4) is 0 Å². The van der Waals surface area contributed by atoms with Gasteiger partial charge in [0.2, 0.25) is 10.0 Å². The fourth-order valence-corrected chi connectivity index (χ4v) is 5.73. The number of sulfone groups is 1. The van der Waals surface area contributed by atoms with Crippen LogP contribution in [0.15, 0.2) is 59.5 Å². The van der Waals surface area contributed by atoms with Crippen LogP contribution < -0.4 is 0 Å². The van der Waals surface area contributed by atoms with Crippen LogP contribution >= 0.6 is 0 Å². The summed E-state index contributed by atoms with van der Waals surface area (Å²) in [4.78, 5) is 0.191. The highest BCUT2D eigenvalue weighted by Gasteiger charge is 2.42. The van der Waals surface area contributed by atoms with E-state index in [1.807, 2.05) is 36.4 Å². The summed E-state index contributed by atoms with van der Waals surface area (Å²) in [5, 5.41) is -0.588. The third kappa shape index (κ3) is 3.11.